The van der Waals surface area contributed by atoms with Gasteiger partial charge in [-0.15, -0.1) is 0 Å². The van der Waals surface area contributed by atoms with Crippen LogP contribution in [-0.4, -0.2) is 33.9 Å². The van der Waals surface area contributed by atoms with Gasteiger partial charge in [-0.3, -0.25) is 4.79 Å². The highest BCUT2D eigenvalue weighted by molar-refractivity contribution is 7.09. The summed E-state index contributed by atoms with van der Waals surface area (Å²) < 4.78 is 8.52. The number of rotatable bonds is 5. The standard InChI is InChI=1S/C14H11N5O3S/c1-8-16-14(23-19-8)18-17-11(7-15)12(20)9-3-5-10(6-4-9)13(21)22-2/h3-6H,1-2H3,(H,16,18,19)/b17-11+. The molecule has 0 amide bonds. The summed E-state index contributed by atoms with van der Waals surface area (Å²) in [5, 5.41) is 13.2. The van der Waals surface area contributed by atoms with E-state index in [1.54, 1.807) is 13.0 Å². The molecule has 8 nitrogen and oxygen atoms in total. The summed E-state index contributed by atoms with van der Waals surface area (Å²) in [7, 11) is 1.27. The van der Waals surface area contributed by atoms with Crippen LogP contribution in [0.3, 0.4) is 0 Å². The van der Waals surface area contributed by atoms with Crippen molar-refractivity contribution >= 4 is 34.1 Å². The molecule has 0 radical (unpaired) electrons. The molecule has 0 saturated carbocycles. The van der Waals surface area contributed by atoms with Crippen LogP contribution in [0.1, 0.15) is 26.5 Å². The first kappa shape index (κ1) is 16.3. The van der Waals surface area contributed by atoms with Gasteiger partial charge in [0.1, 0.15) is 11.9 Å². The van der Waals surface area contributed by atoms with Gasteiger partial charge in [0.2, 0.25) is 16.6 Å². The maximum absolute atomic E-state index is 12.2. The van der Waals surface area contributed by atoms with Gasteiger partial charge in [-0.25, -0.2) is 15.2 Å². The Morgan fingerprint density at radius 1 is 1.30 bits per heavy atom. The minimum Gasteiger partial charge on any atom is -0.465 e. The van der Waals surface area contributed by atoms with Gasteiger partial charge in [-0.1, -0.05) is 12.1 Å². The summed E-state index contributed by atoms with van der Waals surface area (Å²) in [5.41, 5.74) is 2.73. The first-order valence-electron chi connectivity index (χ1n) is 6.32. The molecule has 0 aliphatic rings. The molecular weight excluding hydrogens is 318 g/mol. The monoisotopic (exact) mass is 329 g/mol. The molecule has 0 spiro atoms. The molecule has 1 aromatic carbocycles. The Bertz CT molecular complexity index is 805. The second kappa shape index (κ2) is 7.24. The lowest BCUT2D eigenvalue weighted by molar-refractivity contribution is 0.0600. The fraction of sp³-hybridized carbons (Fsp3) is 0.143. The Morgan fingerprint density at radius 3 is 2.48 bits per heavy atom. The molecular formula is C14H11N5O3S. The van der Waals surface area contributed by atoms with E-state index in [4.69, 9.17) is 5.26 Å². The van der Waals surface area contributed by atoms with E-state index >= 15 is 0 Å². The number of aromatic nitrogens is 2. The Labute approximate surface area is 135 Å². The van der Waals surface area contributed by atoms with E-state index < -0.39 is 11.8 Å². The van der Waals surface area contributed by atoms with Crippen molar-refractivity contribution in [1.82, 2.24) is 9.36 Å². The number of hydrazone groups is 1. The first-order valence-corrected chi connectivity index (χ1v) is 7.09. The number of Topliss-reactive ketones (excluding diaryl/α,β-unsaturated/α-hetero) is 1. The van der Waals surface area contributed by atoms with Crippen LogP contribution in [0.2, 0.25) is 0 Å². The molecule has 1 heterocycles. The van der Waals surface area contributed by atoms with Crippen LogP contribution in [-0.2, 0) is 4.74 Å². The second-order valence-corrected chi connectivity index (χ2v) is 4.98. The summed E-state index contributed by atoms with van der Waals surface area (Å²) in [6.45, 7) is 1.71. The molecule has 9 heteroatoms. The van der Waals surface area contributed by atoms with Crippen LogP contribution in [0.25, 0.3) is 0 Å². The van der Waals surface area contributed by atoms with Crippen LogP contribution in [0, 0.1) is 18.3 Å². The zero-order valence-electron chi connectivity index (χ0n) is 12.2. The Morgan fingerprint density at radius 2 is 1.96 bits per heavy atom. The summed E-state index contributed by atoms with van der Waals surface area (Å²) in [6.07, 6.45) is 0. The average molecular weight is 329 g/mol. The van der Waals surface area contributed by atoms with Crippen LogP contribution in [0.4, 0.5) is 5.13 Å². The van der Waals surface area contributed by atoms with Gasteiger partial charge in [0.25, 0.3) is 0 Å². The number of ketones is 1. The normalized spacial score (nSPS) is 10.7. The lowest BCUT2D eigenvalue weighted by Gasteiger charge is -2.01. The van der Waals surface area contributed by atoms with Crippen molar-refractivity contribution in [3.8, 4) is 6.07 Å². The van der Waals surface area contributed by atoms with Crippen LogP contribution in [0.5, 0.6) is 0 Å². The van der Waals surface area contributed by atoms with Gasteiger partial charge in [0.15, 0.2) is 0 Å². The van der Waals surface area contributed by atoms with E-state index in [9.17, 15) is 9.59 Å². The van der Waals surface area contributed by atoms with Crippen LogP contribution >= 0.6 is 11.5 Å². The first-order chi connectivity index (χ1) is 11.0. The number of carbonyl (C=O) groups excluding carboxylic acids is 2. The molecule has 2 aromatic rings. The summed E-state index contributed by atoms with van der Waals surface area (Å²) >= 11 is 1.07. The number of hydrogen-bond acceptors (Lipinski definition) is 9. The molecule has 0 aliphatic carbocycles. The topological polar surface area (TPSA) is 117 Å². The Hall–Kier alpha value is -3.12. The average Bonchev–Trinajstić information content (AvgIpc) is 3.00. The van der Waals surface area contributed by atoms with Gasteiger partial charge in [0.05, 0.1) is 12.7 Å². The van der Waals surface area contributed by atoms with E-state index in [2.05, 4.69) is 24.6 Å². The zero-order chi connectivity index (χ0) is 16.8. The van der Waals surface area contributed by atoms with Gasteiger partial charge in [-0.05, 0) is 19.1 Å². The molecule has 0 saturated heterocycles. The third-order valence-corrected chi connectivity index (χ3v) is 3.39. The van der Waals surface area contributed by atoms with Gasteiger partial charge < -0.3 is 4.74 Å². The number of nitrogens with one attached hydrogen (secondary N) is 1. The molecule has 116 valence electrons. The fourth-order valence-corrected chi connectivity index (χ4v) is 2.10. The van der Waals surface area contributed by atoms with E-state index in [-0.39, 0.29) is 11.3 Å². The van der Waals surface area contributed by atoms with Gasteiger partial charge in [-0.2, -0.15) is 14.7 Å². The Balaban J connectivity index is 2.16. The number of carbonyl (C=O) groups is 2. The number of esters is 1. The molecule has 0 unspecified atom stereocenters. The lowest BCUT2D eigenvalue weighted by atomic mass is 10.1. The number of methoxy groups -OCH3 is 1. The largest absolute Gasteiger partial charge is 0.465 e. The number of nitrogens with zero attached hydrogens (tertiary/aromatic N) is 4. The third-order valence-electron chi connectivity index (χ3n) is 2.68. The predicted molar refractivity (Wildman–Crippen MR) is 83.4 cm³/mol. The van der Waals surface area contributed by atoms with Crippen LogP contribution < -0.4 is 5.43 Å². The van der Waals surface area contributed by atoms with Crippen molar-refractivity contribution in [2.24, 2.45) is 5.10 Å². The maximum Gasteiger partial charge on any atom is 0.337 e. The minimum atomic E-state index is -0.572. The molecule has 0 aliphatic heterocycles. The molecule has 0 atom stereocenters. The SMILES string of the molecule is COC(=O)c1ccc(C(=O)/C(C#N)=N/Nc2nc(C)ns2)cc1. The van der Waals surface area contributed by atoms with Crippen molar-refractivity contribution in [2.75, 3.05) is 12.5 Å². The number of nitriles is 1. The van der Waals surface area contributed by atoms with Crippen molar-refractivity contribution in [3.05, 3.63) is 41.2 Å². The van der Waals surface area contributed by atoms with Crippen molar-refractivity contribution in [3.63, 3.8) is 0 Å². The van der Waals surface area contributed by atoms with Crippen molar-refractivity contribution < 1.29 is 14.3 Å². The minimum absolute atomic E-state index is 0.230. The quantitative estimate of drug-likeness (QED) is 0.384. The third kappa shape index (κ3) is 3.96. The van der Waals surface area contributed by atoms with Crippen LogP contribution in [0.15, 0.2) is 29.4 Å². The number of anilines is 1. The predicted octanol–water partition coefficient (Wildman–Crippen LogP) is 1.81. The Kier molecular flexibility index (Phi) is 5.11. The molecule has 1 N–H and O–H groups in total. The molecule has 1 aromatic heterocycles. The van der Waals surface area contributed by atoms with E-state index in [1.807, 2.05) is 0 Å². The summed E-state index contributed by atoms with van der Waals surface area (Å²) in [4.78, 5) is 27.6. The lowest BCUT2D eigenvalue weighted by Crippen LogP contribution is -2.14. The van der Waals surface area contributed by atoms with Gasteiger partial charge in [0, 0.05) is 17.1 Å². The maximum atomic E-state index is 12.2. The number of hydrogen-bond donors (Lipinski definition) is 1. The summed E-state index contributed by atoms with van der Waals surface area (Å²) in [6, 6.07) is 7.46. The van der Waals surface area contributed by atoms with E-state index in [0.717, 1.165) is 11.5 Å². The highest BCUT2D eigenvalue weighted by Crippen LogP contribution is 2.11. The highest BCUT2D eigenvalue weighted by atomic mass is 32.1. The smallest absolute Gasteiger partial charge is 0.337 e. The fourth-order valence-electron chi connectivity index (χ4n) is 1.59. The van der Waals surface area contributed by atoms with Crippen molar-refractivity contribution in [1.29, 1.82) is 5.26 Å². The molecule has 0 fully saturated rings. The second-order valence-electron chi connectivity index (χ2n) is 4.23. The molecule has 23 heavy (non-hydrogen) atoms. The molecule has 2 rings (SSSR count). The number of benzene rings is 1. The molecule has 0 bridgehead atoms. The highest BCUT2D eigenvalue weighted by Gasteiger charge is 2.15. The number of ether oxygens (including phenoxy) is 1. The summed E-state index contributed by atoms with van der Waals surface area (Å²) in [5.74, 6) is -0.514. The van der Waals surface area contributed by atoms with Crippen molar-refractivity contribution in [2.45, 2.75) is 6.92 Å². The van der Waals surface area contributed by atoms with Gasteiger partial charge >= 0.3 is 5.97 Å². The number of aryl methyl sites for hydroxylation is 1. The van der Waals surface area contributed by atoms with E-state index in [1.165, 1.54) is 31.4 Å². The zero-order valence-corrected chi connectivity index (χ0v) is 13.0. The van der Waals surface area contributed by atoms with E-state index in [0.29, 0.717) is 16.5 Å².